The van der Waals surface area contributed by atoms with Gasteiger partial charge in [-0.2, -0.15) is 0 Å². The topological polar surface area (TPSA) is 14.1 Å². The van der Waals surface area contributed by atoms with E-state index in [0.717, 1.165) is 25.8 Å². The van der Waals surface area contributed by atoms with Gasteiger partial charge in [-0.3, -0.25) is 0 Å². The highest BCUT2D eigenvalue weighted by molar-refractivity contribution is 5.02. The summed E-state index contributed by atoms with van der Waals surface area (Å²) < 4.78 is 0. The van der Waals surface area contributed by atoms with Crippen molar-refractivity contribution in [3.05, 3.63) is 25.8 Å². The Morgan fingerprint density at radius 1 is 1.11 bits per heavy atom. The van der Waals surface area contributed by atoms with Crippen molar-refractivity contribution >= 4 is 0 Å². The molecule has 0 unspecified atom stereocenters. The van der Waals surface area contributed by atoms with Crippen LogP contribution < -0.4 is 5.32 Å². The molecule has 45 valence electrons. The second kappa shape index (κ2) is 4.80. The first-order valence-electron chi connectivity index (χ1n) is 3.14. The fraction of sp³-hybridized carbons (Fsp3) is 0.500. The summed E-state index contributed by atoms with van der Waals surface area (Å²) in [5.41, 5.74) is 0. The molecule has 1 rings (SSSR count). The van der Waals surface area contributed by atoms with Crippen molar-refractivity contribution < 1.29 is 0 Å². The van der Waals surface area contributed by atoms with Gasteiger partial charge in [-0.05, 0) is 19.3 Å². The Bertz CT molecular complexity index is 33.1. The standard InChI is InChI=1S/C8H8N/c1-2-4-6-8-9-7-5-3-1/h1,3,5,7H2. The van der Waals surface area contributed by atoms with Crippen LogP contribution in [-0.2, 0) is 0 Å². The Balaban J connectivity index is 2.02. The summed E-state index contributed by atoms with van der Waals surface area (Å²) in [5, 5.41) is 3.93. The predicted octanol–water partition coefficient (Wildman–Crippen LogP) is 1.06. The van der Waals surface area contributed by atoms with Crippen LogP contribution in [0.1, 0.15) is 19.3 Å². The Labute approximate surface area is 57.8 Å². The van der Waals surface area contributed by atoms with Crippen LogP contribution in [0.4, 0.5) is 0 Å². The predicted molar refractivity (Wildman–Crippen MR) is 33.8 cm³/mol. The molecule has 0 atom stereocenters. The Kier molecular flexibility index (Phi) is 3.77. The zero-order valence-electron chi connectivity index (χ0n) is 5.28. The summed E-state index contributed by atoms with van der Waals surface area (Å²) in [6, 6.07) is 0. The van der Waals surface area contributed by atoms with Gasteiger partial charge in [0.2, 0.25) is 0 Å². The van der Waals surface area contributed by atoms with Crippen LogP contribution in [0.25, 0.3) is 0 Å². The van der Waals surface area contributed by atoms with Gasteiger partial charge < -0.3 is 0 Å². The van der Waals surface area contributed by atoms with Gasteiger partial charge in [-0.15, -0.1) is 0 Å². The molecule has 0 spiro atoms. The number of hydrogen-bond donors (Lipinski definition) is 0. The zero-order valence-corrected chi connectivity index (χ0v) is 5.28. The zero-order chi connectivity index (χ0) is 6.36. The average Bonchev–Trinajstić information content (AvgIpc) is 2.00. The maximum atomic E-state index is 3.93. The highest BCUT2D eigenvalue weighted by Crippen LogP contribution is 2.05. The molecule has 1 heteroatoms. The third-order valence-corrected chi connectivity index (χ3v) is 1.11. The Morgan fingerprint density at radius 3 is 3.11 bits per heavy atom. The largest absolute Gasteiger partial charge is 0.230 e. The van der Waals surface area contributed by atoms with Crippen molar-refractivity contribution in [3.8, 4) is 0 Å². The summed E-state index contributed by atoms with van der Waals surface area (Å²) in [6.07, 6.45) is 11.6. The summed E-state index contributed by atoms with van der Waals surface area (Å²) >= 11 is 0. The van der Waals surface area contributed by atoms with Crippen LogP contribution >= 0.6 is 0 Å². The molecule has 1 aliphatic rings. The van der Waals surface area contributed by atoms with Crippen molar-refractivity contribution in [1.29, 1.82) is 0 Å². The number of hydrogen-bond acceptors (Lipinski definition) is 0. The van der Waals surface area contributed by atoms with Crippen LogP contribution in [0.3, 0.4) is 0 Å². The van der Waals surface area contributed by atoms with Crippen LogP contribution in [0.15, 0.2) is 0 Å². The Morgan fingerprint density at radius 2 is 2.11 bits per heavy atom. The van der Waals surface area contributed by atoms with E-state index in [1.807, 2.05) is 0 Å². The summed E-state index contributed by atoms with van der Waals surface area (Å²) in [6.45, 7) is 3.50. The van der Waals surface area contributed by atoms with E-state index < -0.39 is 0 Å². The lowest BCUT2D eigenvalue weighted by atomic mass is 10.1. The minimum Gasteiger partial charge on any atom is -0.230 e. The van der Waals surface area contributed by atoms with Gasteiger partial charge >= 0.3 is 0 Å². The molecule has 0 aromatic rings. The van der Waals surface area contributed by atoms with E-state index in [1.54, 1.807) is 0 Å². The van der Waals surface area contributed by atoms with E-state index in [4.69, 9.17) is 0 Å². The van der Waals surface area contributed by atoms with Crippen LogP contribution in [0, 0.1) is 25.8 Å². The van der Waals surface area contributed by atoms with Gasteiger partial charge in [0.25, 0.3) is 0 Å². The third-order valence-electron chi connectivity index (χ3n) is 1.11. The molecule has 0 bridgehead atoms. The van der Waals surface area contributed by atoms with Crippen LogP contribution in [-0.4, -0.2) is 6.54 Å². The first kappa shape index (κ1) is 7.07. The van der Waals surface area contributed by atoms with Crippen molar-refractivity contribution in [3.63, 3.8) is 0 Å². The van der Waals surface area contributed by atoms with E-state index in [-0.39, 0.29) is 0 Å². The molecule has 1 heterocycles. The van der Waals surface area contributed by atoms with E-state index >= 15 is 0 Å². The average molecular weight is 118 g/mol. The van der Waals surface area contributed by atoms with E-state index in [2.05, 4.69) is 31.1 Å². The van der Waals surface area contributed by atoms with E-state index in [0.29, 0.717) is 0 Å². The molecular formula is C8H8N. The first-order chi connectivity index (χ1) is 4.50. The monoisotopic (exact) mass is 118 g/mol. The minimum absolute atomic E-state index is 0.871. The molecule has 1 nitrogen and oxygen atoms in total. The maximum Gasteiger partial charge on any atom is 0.0876 e. The molecule has 1 aliphatic heterocycles. The molecule has 9 heavy (non-hydrogen) atoms. The molecule has 0 saturated carbocycles. The van der Waals surface area contributed by atoms with Crippen molar-refractivity contribution in [2.45, 2.75) is 19.3 Å². The summed E-state index contributed by atoms with van der Waals surface area (Å²) in [7, 11) is 0. The van der Waals surface area contributed by atoms with Crippen molar-refractivity contribution in [2.75, 3.05) is 6.54 Å². The highest BCUT2D eigenvalue weighted by atomic mass is 14.8. The number of nitrogens with zero attached hydrogens (tertiary/aromatic N) is 1. The molecule has 1 saturated heterocycles. The van der Waals surface area contributed by atoms with Crippen LogP contribution in [0.5, 0.6) is 0 Å². The number of rotatable bonds is 0. The van der Waals surface area contributed by atoms with Gasteiger partial charge in [-0.25, -0.2) is 5.32 Å². The summed E-state index contributed by atoms with van der Waals surface area (Å²) in [4.78, 5) is 0. The van der Waals surface area contributed by atoms with Gasteiger partial charge in [0.15, 0.2) is 0 Å². The van der Waals surface area contributed by atoms with Gasteiger partial charge in [0.05, 0.1) is 6.54 Å². The SMILES string of the molecule is [C]1[C][C][N]CCCC[C]1. The van der Waals surface area contributed by atoms with Gasteiger partial charge in [0, 0.05) is 19.4 Å². The summed E-state index contributed by atoms with van der Waals surface area (Å²) in [5.74, 6) is 0. The molecule has 0 aliphatic carbocycles. The molecule has 1 fully saturated rings. The normalized spacial score (nSPS) is 24.0. The quantitative estimate of drug-likeness (QED) is 0.451. The van der Waals surface area contributed by atoms with Gasteiger partial charge in [-0.1, -0.05) is 6.42 Å². The third kappa shape index (κ3) is 3.52. The smallest absolute Gasteiger partial charge is 0.0876 e. The van der Waals surface area contributed by atoms with Crippen molar-refractivity contribution in [2.24, 2.45) is 0 Å². The minimum atomic E-state index is 0.871. The Hall–Kier alpha value is -0.0400. The molecule has 0 aromatic carbocycles. The second-order valence-electron chi connectivity index (χ2n) is 1.88. The molecule has 9 radical (unpaired) electrons. The fourth-order valence-electron chi connectivity index (χ4n) is 0.634. The highest BCUT2D eigenvalue weighted by Gasteiger charge is 1.98. The maximum absolute atomic E-state index is 3.93. The van der Waals surface area contributed by atoms with Crippen molar-refractivity contribution in [1.82, 2.24) is 5.32 Å². The van der Waals surface area contributed by atoms with E-state index in [1.165, 1.54) is 0 Å². The first-order valence-corrected chi connectivity index (χ1v) is 3.14. The lowest BCUT2D eigenvalue weighted by Gasteiger charge is -1.93. The molecular weight excluding hydrogens is 110 g/mol. The van der Waals surface area contributed by atoms with Crippen LogP contribution in [0.2, 0.25) is 0 Å². The van der Waals surface area contributed by atoms with E-state index in [9.17, 15) is 0 Å². The van der Waals surface area contributed by atoms with Gasteiger partial charge in [0.1, 0.15) is 0 Å². The lowest BCUT2D eigenvalue weighted by molar-refractivity contribution is 0.679. The molecule has 0 amide bonds. The lowest BCUT2D eigenvalue weighted by Crippen LogP contribution is -2.01. The fourth-order valence-corrected chi connectivity index (χ4v) is 0.634. The molecule has 0 aromatic heterocycles. The molecule has 0 N–H and O–H groups in total. The second-order valence-corrected chi connectivity index (χ2v) is 1.88.